The van der Waals surface area contributed by atoms with Crippen LogP contribution >= 0.6 is 24.6 Å². The van der Waals surface area contributed by atoms with E-state index in [1.54, 1.807) is 24.3 Å². The summed E-state index contributed by atoms with van der Waals surface area (Å²) >= 11 is 8.96. The van der Waals surface area contributed by atoms with Gasteiger partial charge in [0.25, 0.3) is 5.91 Å². The second-order valence-corrected chi connectivity index (χ2v) is 2.91. The second-order valence-electron chi connectivity index (χ2n) is 1.93. The van der Waals surface area contributed by atoms with Gasteiger partial charge < -0.3 is 0 Å². The van der Waals surface area contributed by atoms with Crippen LogP contribution in [0.4, 0.5) is 0 Å². The van der Waals surface area contributed by atoms with Crippen LogP contribution in [0.5, 0.6) is 0 Å². The normalized spacial score (nSPS) is 9.27. The van der Waals surface area contributed by atoms with Crippen molar-refractivity contribution in [1.82, 2.24) is 3.82 Å². The van der Waals surface area contributed by atoms with Gasteiger partial charge in [-0.25, -0.2) is 0 Å². The van der Waals surface area contributed by atoms with Crippen LogP contribution < -0.4 is 0 Å². The van der Waals surface area contributed by atoms with Gasteiger partial charge in [0.2, 0.25) is 0 Å². The highest BCUT2D eigenvalue weighted by molar-refractivity contribution is 7.79. The van der Waals surface area contributed by atoms with Crippen LogP contribution in [0.3, 0.4) is 0 Å². The summed E-state index contributed by atoms with van der Waals surface area (Å²) in [5.41, 5.74) is 0.525. The third-order valence-corrected chi connectivity index (χ3v) is 1.52. The summed E-state index contributed by atoms with van der Waals surface area (Å²) in [6.07, 6.45) is 0. The minimum absolute atomic E-state index is 0.324. The predicted octanol–water partition coefficient (Wildman–Crippen LogP) is 2.13. The maximum absolute atomic E-state index is 11.1. The third-order valence-electron chi connectivity index (χ3n) is 1.19. The molecule has 1 aromatic carbocycles. The molecule has 0 spiro atoms. The summed E-state index contributed by atoms with van der Waals surface area (Å²) in [6, 6.07) is 8.71. The first kappa shape index (κ1) is 8.43. The molecule has 11 heavy (non-hydrogen) atoms. The SMILES string of the molecule is O=C(c1ccccc1)N(S)Cl. The maximum atomic E-state index is 11.1. The zero-order chi connectivity index (χ0) is 8.27. The Balaban J connectivity index is 2.86. The van der Waals surface area contributed by atoms with Crippen LogP contribution in [-0.2, 0) is 0 Å². The van der Waals surface area contributed by atoms with Crippen molar-refractivity contribution in [1.29, 1.82) is 0 Å². The molecule has 1 rings (SSSR count). The quantitative estimate of drug-likeness (QED) is 0.528. The Kier molecular flexibility index (Phi) is 2.79. The lowest BCUT2D eigenvalue weighted by atomic mass is 10.2. The van der Waals surface area contributed by atoms with E-state index in [4.69, 9.17) is 11.8 Å². The molecule has 0 unspecified atom stereocenters. The molecule has 1 aromatic rings. The first-order chi connectivity index (χ1) is 5.22. The number of thiol groups is 1. The van der Waals surface area contributed by atoms with E-state index in [9.17, 15) is 4.79 Å². The lowest BCUT2D eigenvalue weighted by Crippen LogP contribution is -2.10. The van der Waals surface area contributed by atoms with Crippen molar-refractivity contribution in [2.45, 2.75) is 0 Å². The number of hydrogen-bond acceptors (Lipinski definition) is 2. The van der Waals surface area contributed by atoms with Gasteiger partial charge in [0.05, 0.1) is 0 Å². The van der Waals surface area contributed by atoms with Crippen LogP contribution in [0.1, 0.15) is 10.4 Å². The number of hydrogen-bond donors (Lipinski definition) is 1. The third kappa shape index (κ3) is 2.13. The first-order valence-electron chi connectivity index (χ1n) is 2.96. The number of halogens is 1. The fourth-order valence-corrected chi connectivity index (χ4v) is 0.900. The molecule has 0 saturated carbocycles. The molecule has 0 aromatic heterocycles. The van der Waals surface area contributed by atoms with Gasteiger partial charge in [-0.15, -0.1) is 0 Å². The highest BCUT2D eigenvalue weighted by Gasteiger charge is 2.08. The van der Waals surface area contributed by atoms with E-state index in [0.717, 1.165) is 3.82 Å². The Morgan fingerprint density at radius 1 is 1.36 bits per heavy atom. The van der Waals surface area contributed by atoms with Gasteiger partial charge in [-0.05, 0) is 24.9 Å². The van der Waals surface area contributed by atoms with Crippen LogP contribution in [0.2, 0.25) is 0 Å². The van der Waals surface area contributed by atoms with Crippen molar-refractivity contribution in [2.75, 3.05) is 0 Å². The summed E-state index contributed by atoms with van der Waals surface area (Å²) in [4.78, 5) is 11.1. The Hall–Kier alpha value is -0.670. The molecule has 1 amide bonds. The molecule has 0 atom stereocenters. The molecule has 0 aliphatic rings. The van der Waals surface area contributed by atoms with E-state index in [2.05, 4.69) is 12.8 Å². The number of carbonyl (C=O) groups is 1. The molecule has 0 saturated heterocycles. The van der Waals surface area contributed by atoms with E-state index >= 15 is 0 Å². The van der Waals surface area contributed by atoms with Gasteiger partial charge in [0.1, 0.15) is 0 Å². The fourth-order valence-electron chi connectivity index (χ4n) is 0.687. The monoisotopic (exact) mass is 187 g/mol. The molecule has 58 valence electrons. The summed E-state index contributed by atoms with van der Waals surface area (Å²) in [7, 11) is 0. The largest absolute Gasteiger partial charge is 0.278 e. The van der Waals surface area contributed by atoms with Crippen molar-refractivity contribution in [3.05, 3.63) is 35.9 Å². The molecule has 0 heterocycles. The van der Waals surface area contributed by atoms with E-state index < -0.39 is 0 Å². The molecular formula is C7H6ClNOS. The molecule has 2 nitrogen and oxygen atoms in total. The molecule has 0 fully saturated rings. The van der Waals surface area contributed by atoms with Crippen molar-refractivity contribution in [2.24, 2.45) is 0 Å². The maximum Gasteiger partial charge on any atom is 0.278 e. The predicted molar refractivity (Wildman–Crippen MR) is 47.5 cm³/mol. The average molecular weight is 188 g/mol. The van der Waals surface area contributed by atoms with Gasteiger partial charge in [-0.3, -0.25) is 4.79 Å². The minimum Gasteiger partial charge on any atom is -0.267 e. The highest BCUT2D eigenvalue weighted by atomic mass is 35.5. The molecular weight excluding hydrogens is 182 g/mol. The number of amides is 1. The highest BCUT2D eigenvalue weighted by Crippen LogP contribution is 2.08. The van der Waals surface area contributed by atoms with Gasteiger partial charge in [0.15, 0.2) is 0 Å². The lowest BCUT2D eigenvalue weighted by molar-refractivity contribution is 0.0930. The number of carbonyl (C=O) groups excluding carboxylic acids is 1. The number of rotatable bonds is 1. The minimum atomic E-state index is -0.324. The zero-order valence-corrected chi connectivity index (χ0v) is 7.22. The molecule has 0 aliphatic heterocycles. The lowest BCUT2D eigenvalue weighted by Gasteiger charge is -2.03. The number of nitrogens with zero attached hydrogens (tertiary/aromatic N) is 1. The van der Waals surface area contributed by atoms with Crippen LogP contribution in [-0.4, -0.2) is 9.73 Å². The van der Waals surface area contributed by atoms with E-state index in [1.165, 1.54) is 0 Å². The van der Waals surface area contributed by atoms with Gasteiger partial charge in [-0.1, -0.05) is 18.2 Å². The summed E-state index contributed by atoms with van der Waals surface area (Å²) in [5, 5.41) is 0. The van der Waals surface area contributed by atoms with Gasteiger partial charge in [-0.2, -0.15) is 3.82 Å². The van der Waals surface area contributed by atoms with E-state index in [-0.39, 0.29) is 5.91 Å². The Morgan fingerprint density at radius 2 is 1.91 bits per heavy atom. The fraction of sp³-hybridized carbons (Fsp3) is 0. The second kappa shape index (κ2) is 3.64. The topological polar surface area (TPSA) is 20.3 Å². The molecule has 0 bridgehead atoms. The molecule has 0 N–H and O–H groups in total. The summed E-state index contributed by atoms with van der Waals surface area (Å²) in [6.45, 7) is 0. The van der Waals surface area contributed by atoms with Crippen LogP contribution in [0.25, 0.3) is 0 Å². The van der Waals surface area contributed by atoms with Crippen LogP contribution in [0, 0.1) is 0 Å². The first-order valence-corrected chi connectivity index (χ1v) is 3.70. The van der Waals surface area contributed by atoms with Crippen LogP contribution in [0.15, 0.2) is 30.3 Å². The molecule has 0 aliphatic carbocycles. The van der Waals surface area contributed by atoms with Crippen molar-refractivity contribution in [3.63, 3.8) is 0 Å². The standard InChI is InChI=1S/C7H6ClNOS/c8-9(11)7(10)6-4-2-1-3-5-6/h1-5,11H. The van der Waals surface area contributed by atoms with E-state index in [0.29, 0.717) is 5.56 Å². The Morgan fingerprint density at radius 3 is 2.36 bits per heavy atom. The zero-order valence-electron chi connectivity index (χ0n) is 5.57. The Bertz CT molecular complexity index is 250. The van der Waals surface area contributed by atoms with Gasteiger partial charge >= 0.3 is 0 Å². The Labute approximate surface area is 75.4 Å². The van der Waals surface area contributed by atoms with E-state index in [1.807, 2.05) is 6.07 Å². The van der Waals surface area contributed by atoms with Crippen molar-refractivity contribution < 1.29 is 4.79 Å². The summed E-state index contributed by atoms with van der Waals surface area (Å²) < 4.78 is 0.731. The van der Waals surface area contributed by atoms with Crippen molar-refractivity contribution >= 4 is 30.5 Å². The smallest absolute Gasteiger partial charge is 0.267 e. The average Bonchev–Trinajstić information content (AvgIpc) is 2.05. The molecule has 4 heteroatoms. The number of benzene rings is 1. The summed E-state index contributed by atoms with van der Waals surface area (Å²) in [5.74, 6) is -0.324. The van der Waals surface area contributed by atoms with Crippen molar-refractivity contribution in [3.8, 4) is 0 Å². The molecule has 0 radical (unpaired) electrons. The van der Waals surface area contributed by atoms with Gasteiger partial charge in [0, 0.05) is 17.3 Å².